The van der Waals surface area contributed by atoms with E-state index >= 15 is 0 Å². The molecule has 0 rings (SSSR count). The summed E-state index contributed by atoms with van der Waals surface area (Å²) < 4.78 is 0. The van der Waals surface area contributed by atoms with Gasteiger partial charge in [0.15, 0.2) is 0 Å². The molecule has 15 heavy (non-hydrogen) atoms. The largest absolute Gasteiger partial charge is 0.395 e. The molecule has 92 valence electrons. The number of aliphatic hydroxyl groups is 1. The zero-order valence-corrected chi connectivity index (χ0v) is 10.8. The molecule has 0 aliphatic heterocycles. The molecule has 0 aliphatic rings. The average Bonchev–Trinajstić information content (AvgIpc) is 2.28. The molecule has 0 aromatic heterocycles. The molecule has 1 unspecified atom stereocenters. The molecule has 0 heterocycles. The predicted molar refractivity (Wildman–Crippen MR) is 67.1 cm³/mol. The van der Waals surface area contributed by atoms with Crippen LogP contribution in [0.3, 0.4) is 0 Å². The number of nitrogens with one attached hydrogen (secondary N) is 1. The molecule has 2 heteroatoms. The van der Waals surface area contributed by atoms with Crippen LogP contribution in [-0.2, 0) is 0 Å². The van der Waals surface area contributed by atoms with E-state index in [-0.39, 0.29) is 6.61 Å². The molecule has 0 amide bonds. The molecule has 2 N–H and O–H groups in total. The second-order valence-corrected chi connectivity index (χ2v) is 4.44. The number of aliphatic hydroxyl groups excluding tert-OH is 1. The van der Waals surface area contributed by atoms with E-state index in [9.17, 15) is 0 Å². The molecule has 0 aliphatic carbocycles. The Balaban J connectivity index is 3.86. The van der Waals surface area contributed by atoms with Crippen molar-refractivity contribution in [2.45, 2.75) is 77.8 Å². The fourth-order valence-electron chi connectivity index (χ4n) is 1.85. The first-order valence-electron chi connectivity index (χ1n) is 6.65. The number of hydrogen-bond donors (Lipinski definition) is 2. The van der Waals surface area contributed by atoms with Crippen molar-refractivity contribution in [1.82, 2.24) is 5.32 Å². The van der Waals surface area contributed by atoms with Crippen molar-refractivity contribution in [3.63, 3.8) is 0 Å². The lowest BCUT2D eigenvalue weighted by Crippen LogP contribution is -2.40. The maximum Gasteiger partial charge on any atom is 0.0584 e. The van der Waals surface area contributed by atoms with Gasteiger partial charge in [-0.25, -0.2) is 0 Å². The standard InChI is InChI=1S/C13H29NO/c1-4-7-9-13(10-8-5-2)14-12(6-3)11-15/h12-15H,4-11H2,1-3H3. The SMILES string of the molecule is CCCCC(CCCC)NC(CC)CO. The highest BCUT2D eigenvalue weighted by atomic mass is 16.3. The summed E-state index contributed by atoms with van der Waals surface area (Å²) in [6.45, 7) is 6.87. The van der Waals surface area contributed by atoms with Crippen molar-refractivity contribution in [3.05, 3.63) is 0 Å². The summed E-state index contributed by atoms with van der Waals surface area (Å²) in [5.74, 6) is 0. The van der Waals surface area contributed by atoms with E-state index in [1.54, 1.807) is 0 Å². The third kappa shape index (κ3) is 7.80. The van der Waals surface area contributed by atoms with E-state index in [4.69, 9.17) is 5.11 Å². The number of unbranched alkanes of at least 4 members (excludes halogenated alkanes) is 2. The van der Waals surface area contributed by atoms with Gasteiger partial charge in [0, 0.05) is 12.1 Å². The minimum Gasteiger partial charge on any atom is -0.395 e. The molecule has 0 fully saturated rings. The van der Waals surface area contributed by atoms with Crippen molar-refractivity contribution in [1.29, 1.82) is 0 Å². The minimum atomic E-state index is 0.269. The Labute approximate surface area is 95.5 Å². The zero-order chi connectivity index (χ0) is 11.5. The van der Waals surface area contributed by atoms with Crippen molar-refractivity contribution >= 4 is 0 Å². The van der Waals surface area contributed by atoms with Gasteiger partial charge in [-0.2, -0.15) is 0 Å². The number of rotatable bonds is 10. The summed E-state index contributed by atoms with van der Waals surface area (Å²) in [4.78, 5) is 0. The van der Waals surface area contributed by atoms with Crippen molar-refractivity contribution in [2.75, 3.05) is 6.61 Å². The average molecular weight is 215 g/mol. The van der Waals surface area contributed by atoms with Gasteiger partial charge in [0.2, 0.25) is 0 Å². The summed E-state index contributed by atoms with van der Waals surface area (Å²) >= 11 is 0. The fraction of sp³-hybridized carbons (Fsp3) is 1.00. The van der Waals surface area contributed by atoms with Gasteiger partial charge in [-0.3, -0.25) is 0 Å². The smallest absolute Gasteiger partial charge is 0.0584 e. The summed E-state index contributed by atoms with van der Waals surface area (Å²) in [5.41, 5.74) is 0. The van der Waals surface area contributed by atoms with E-state index in [1.165, 1.54) is 38.5 Å². The van der Waals surface area contributed by atoms with E-state index < -0.39 is 0 Å². The van der Waals surface area contributed by atoms with Crippen LogP contribution in [0.4, 0.5) is 0 Å². The van der Waals surface area contributed by atoms with Crippen LogP contribution in [0.2, 0.25) is 0 Å². The zero-order valence-electron chi connectivity index (χ0n) is 10.8. The van der Waals surface area contributed by atoms with Gasteiger partial charge in [0.25, 0.3) is 0 Å². The first kappa shape index (κ1) is 14.9. The lowest BCUT2D eigenvalue weighted by molar-refractivity contribution is 0.221. The molecule has 0 aromatic rings. The van der Waals surface area contributed by atoms with Crippen LogP contribution in [-0.4, -0.2) is 23.8 Å². The van der Waals surface area contributed by atoms with Crippen LogP contribution in [0.25, 0.3) is 0 Å². The highest BCUT2D eigenvalue weighted by molar-refractivity contribution is 4.73. The Kier molecular flexibility index (Phi) is 10.4. The summed E-state index contributed by atoms with van der Waals surface area (Å²) in [6.07, 6.45) is 8.65. The predicted octanol–water partition coefficient (Wildman–Crippen LogP) is 3.10. The Hall–Kier alpha value is -0.0800. The highest BCUT2D eigenvalue weighted by Gasteiger charge is 2.12. The summed E-state index contributed by atoms with van der Waals surface area (Å²) in [5, 5.41) is 12.7. The normalized spacial score (nSPS) is 13.4. The molecule has 0 bridgehead atoms. The quantitative estimate of drug-likeness (QED) is 0.587. The Bertz CT molecular complexity index is 116. The van der Waals surface area contributed by atoms with Gasteiger partial charge in [-0.1, -0.05) is 46.5 Å². The van der Waals surface area contributed by atoms with Crippen LogP contribution in [0.1, 0.15) is 65.7 Å². The molecule has 2 nitrogen and oxygen atoms in total. The lowest BCUT2D eigenvalue weighted by atomic mass is 10.0. The van der Waals surface area contributed by atoms with Gasteiger partial charge >= 0.3 is 0 Å². The fourth-order valence-corrected chi connectivity index (χ4v) is 1.85. The molecule has 1 atom stereocenters. The van der Waals surface area contributed by atoms with E-state index in [0.29, 0.717) is 12.1 Å². The first-order valence-corrected chi connectivity index (χ1v) is 6.65. The maximum atomic E-state index is 9.16. The third-order valence-electron chi connectivity index (χ3n) is 3.00. The molecular weight excluding hydrogens is 186 g/mol. The van der Waals surface area contributed by atoms with Crippen molar-refractivity contribution in [3.8, 4) is 0 Å². The second kappa shape index (κ2) is 10.4. The Morgan fingerprint density at radius 2 is 1.47 bits per heavy atom. The van der Waals surface area contributed by atoms with Gasteiger partial charge in [-0.05, 0) is 19.3 Å². The Morgan fingerprint density at radius 3 is 1.80 bits per heavy atom. The topological polar surface area (TPSA) is 32.3 Å². The van der Waals surface area contributed by atoms with Gasteiger partial charge in [0.1, 0.15) is 0 Å². The van der Waals surface area contributed by atoms with E-state index in [2.05, 4.69) is 26.1 Å². The van der Waals surface area contributed by atoms with E-state index in [0.717, 1.165) is 6.42 Å². The molecule has 0 aromatic carbocycles. The van der Waals surface area contributed by atoms with Crippen LogP contribution in [0.15, 0.2) is 0 Å². The Morgan fingerprint density at radius 1 is 0.933 bits per heavy atom. The van der Waals surface area contributed by atoms with Crippen molar-refractivity contribution < 1.29 is 5.11 Å². The van der Waals surface area contributed by atoms with E-state index in [1.807, 2.05) is 0 Å². The lowest BCUT2D eigenvalue weighted by Gasteiger charge is -2.23. The van der Waals surface area contributed by atoms with Crippen LogP contribution in [0.5, 0.6) is 0 Å². The molecular formula is C13H29NO. The van der Waals surface area contributed by atoms with Crippen LogP contribution in [0, 0.1) is 0 Å². The third-order valence-corrected chi connectivity index (χ3v) is 3.00. The van der Waals surface area contributed by atoms with Gasteiger partial charge in [0.05, 0.1) is 6.61 Å². The molecule has 0 radical (unpaired) electrons. The number of hydrogen-bond acceptors (Lipinski definition) is 2. The maximum absolute atomic E-state index is 9.16. The van der Waals surface area contributed by atoms with Crippen LogP contribution < -0.4 is 5.32 Å². The summed E-state index contributed by atoms with van der Waals surface area (Å²) in [7, 11) is 0. The summed E-state index contributed by atoms with van der Waals surface area (Å²) in [6, 6.07) is 0.908. The molecule has 0 saturated heterocycles. The second-order valence-electron chi connectivity index (χ2n) is 4.44. The van der Waals surface area contributed by atoms with Gasteiger partial charge < -0.3 is 10.4 Å². The minimum absolute atomic E-state index is 0.269. The van der Waals surface area contributed by atoms with Gasteiger partial charge in [-0.15, -0.1) is 0 Å². The molecule has 0 saturated carbocycles. The monoisotopic (exact) mass is 215 g/mol. The van der Waals surface area contributed by atoms with Crippen LogP contribution >= 0.6 is 0 Å². The first-order chi connectivity index (χ1) is 7.28. The van der Waals surface area contributed by atoms with Crippen molar-refractivity contribution in [2.24, 2.45) is 0 Å². The highest BCUT2D eigenvalue weighted by Crippen LogP contribution is 2.10. The molecule has 0 spiro atoms.